The van der Waals surface area contributed by atoms with E-state index in [1.165, 1.54) is 0 Å². The van der Waals surface area contributed by atoms with Crippen molar-refractivity contribution in [3.05, 3.63) is 0 Å². The molecular formula is C11H23BrN2O2S. The van der Waals surface area contributed by atoms with Crippen LogP contribution in [0.3, 0.4) is 0 Å². The minimum absolute atomic E-state index is 0.562. The highest BCUT2D eigenvalue weighted by Crippen LogP contribution is 2.16. The van der Waals surface area contributed by atoms with E-state index < -0.39 is 10.2 Å². The van der Waals surface area contributed by atoms with Crippen LogP contribution in [0, 0.1) is 0 Å². The predicted octanol–water partition coefficient (Wildman–Crippen LogP) is 2.21. The van der Waals surface area contributed by atoms with E-state index in [9.17, 15) is 8.42 Å². The fraction of sp³-hybridized carbons (Fsp3) is 1.00. The summed E-state index contributed by atoms with van der Waals surface area (Å²) in [5.74, 6) is 0. The van der Waals surface area contributed by atoms with Crippen LogP contribution in [0.15, 0.2) is 0 Å². The Balaban J connectivity index is 2.74. The molecule has 0 aromatic heterocycles. The molecule has 1 fully saturated rings. The minimum atomic E-state index is -3.24. The second-order valence-corrected chi connectivity index (χ2v) is 7.13. The fourth-order valence-electron chi connectivity index (χ4n) is 2.12. The number of hydrogen-bond acceptors (Lipinski definition) is 2. The van der Waals surface area contributed by atoms with Crippen molar-refractivity contribution in [1.82, 2.24) is 8.61 Å². The average molecular weight is 327 g/mol. The summed E-state index contributed by atoms with van der Waals surface area (Å²) in [5.41, 5.74) is 0. The molecule has 0 atom stereocenters. The summed E-state index contributed by atoms with van der Waals surface area (Å²) >= 11 is 3.33. The largest absolute Gasteiger partial charge is 0.282 e. The van der Waals surface area contributed by atoms with Gasteiger partial charge in [-0.1, -0.05) is 35.7 Å². The molecule has 0 aromatic rings. The van der Waals surface area contributed by atoms with Gasteiger partial charge in [-0.05, 0) is 19.3 Å². The Hall–Kier alpha value is 0.350. The van der Waals surface area contributed by atoms with Crippen molar-refractivity contribution in [2.75, 3.05) is 31.5 Å². The molecule has 0 amide bonds. The second-order valence-electron chi connectivity index (χ2n) is 4.41. The van der Waals surface area contributed by atoms with Gasteiger partial charge in [0, 0.05) is 31.5 Å². The second kappa shape index (κ2) is 7.71. The predicted molar refractivity (Wildman–Crippen MR) is 74.6 cm³/mol. The van der Waals surface area contributed by atoms with Gasteiger partial charge >= 0.3 is 0 Å². The van der Waals surface area contributed by atoms with Crippen molar-refractivity contribution < 1.29 is 8.42 Å². The quantitative estimate of drug-likeness (QED) is 0.702. The Labute approximate surface area is 114 Å². The Kier molecular flexibility index (Phi) is 6.99. The monoisotopic (exact) mass is 326 g/mol. The molecule has 1 aliphatic rings. The first-order valence-corrected chi connectivity index (χ1v) is 8.96. The summed E-state index contributed by atoms with van der Waals surface area (Å²) in [5, 5.41) is 0.695. The van der Waals surface area contributed by atoms with E-state index in [2.05, 4.69) is 15.9 Å². The lowest BCUT2D eigenvalue weighted by Gasteiger charge is -2.28. The molecule has 0 spiro atoms. The lowest BCUT2D eigenvalue weighted by Crippen LogP contribution is -2.45. The van der Waals surface area contributed by atoms with Crippen LogP contribution < -0.4 is 0 Å². The van der Waals surface area contributed by atoms with Crippen LogP contribution in [-0.4, -0.2) is 48.5 Å². The topological polar surface area (TPSA) is 40.6 Å². The maximum absolute atomic E-state index is 12.4. The summed E-state index contributed by atoms with van der Waals surface area (Å²) in [6.07, 6.45) is 5.15. The lowest BCUT2D eigenvalue weighted by molar-refractivity contribution is 0.348. The first-order valence-electron chi connectivity index (χ1n) is 6.44. The van der Waals surface area contributed by atoms with Crippen molar-refractivity contribution in [3.63, 3.8) is 0 Å². The molecule has 0 bridgehead atoms. The molecule has 6 heteroatoms. The average Bonchev–Trinajstić information content (AvgIpc) is 2.57. The molecule has 102 valence electrons. The SMILES string of the molecule is CCCN(CCBr)S(=O)(=O)N1CCCCCC1. The van der Waals surface area contributed by atoms with Crippen LogP contribution in [-0.2, 0) is 10.2 Å². The van der Waals surface area contributed by atoms with E-state index in [-0.39, 0.29) is 0 Å². The maximum atomic E-state index is 12.4. The molecule has 0 saturated carbocycles. The number of alkyl halides is 1. The van der Waals surface area contributed by atoms with Gasteiger partial charge in [0.1, 0.15) is 0 Å². The molecule has 0 N–H and O–H groups in total. The third kappa shape index (κ3) is 4.50. The standard InChI is InChI=1S/C11H23BrN2O2S/c1-2-8-13(11-7-12)17(15,16)14-9-5-3-4-6-10-14/h2-11H2,1H3. The number of rotatable bonds is 6. The summed E-state index contributed by atoms with van der Waals surface area (Å²) in [4.78, 5) is 0. The van der Waals surface area contributed by atoms with Gasteiger partial charge in [0.15, 0.2) is 0 Å². The molecule has 0 radical (unpaired) electrons. The van der Waals surface area contributed by atoms with Crippen molar-refractivity contribution in [2.45, 2.75) is 39.0 Å². The summed E-state index contributed by atoms with van der Waals surface area (Å²) in [6.45, 7) is 4.56. The van der Waals surface area contributed by atoms with Gasteiger partial charge in [-0.2, -0.15) is 17.0 Å². The van der Waals surface area contributed by atoms with Crippen molar-refractivity contribution in [3.8, 4) is 0 Å². The molecule has 1 aliphatic heterocycles. The van der Waals surface area contributed by atoms with Crippen LogP contribution in [0.2, 0.25) is 0 Å². The summed E-state index contributed by atoms with van der Waals surface area (Å²) in [7, 11) is -3.24. The van der Waals surface area contributed by atoms with Gasteiger partial charge in [0.2, 0.25) is 0 Å². The lowest BCUT2D eigenvalue weighted by atomic mass is 10.2. The van der Waals surface area contributed by atoms with E-state index in [4.69, 9.17) is 0 Å². The highest BCUT2D eigenvalue weighted by atomic mass is 79.9. The zero-order valence-electron chi connectivity index (χ0n) is 10.6. The Morgan fingerprint density at radius 3 is 2.18 bits per heavy atom. The number of halogens is 1. The van der Waals surface area contributed by atoms with Gasteiger partial charge in [0.25, 0.3) is 10.2 Å². The molecular weight excluding hydrogens is 304 g/mol. The highest BCUT2D eigenvalue weighted by Gasteiger charge is 2.28. The van der Waals surface area contributed by atoms with Gasteiger partial charge in [-0.25, -0.2) is 0 Å². The van der Waals surface area contributed by atoms with E-state index in [1.807, 2.05) is 6.92 Å². The van der Waals surface area contributed by atoms with Crippen LogP contribution in [0.4, 0.5) is 0 Å². The van der Waals surface area contributed by atoms with Crippen LogP contribution >= 0.6 is 15.9 Å². The fourth-order valence-corrected chi connectivity index (χ4v) is 4.57. The highest BCUT2D eigenvalue weighted by molar-refractivity contribution is 9.09. The van der Waals surface area contributed by atoms with Gasteiger partial charge in [-0.3, -0.25) is 0 Å². The molecule has 4 nitrogen and oxygen atoms in total. The normalized spacial score (nSPS) is 19.5. The molecule has 17 heavy (non-hydrogen) atoms. The van der Waals surface area contributed by atoms with E-state index >= 15 is 0 Å². The Bertz CT molecular complexity index is 287. The molecule has 1 heterocycles. The van der Waals surface area contributed by atoms with Gasteiger partial charge < -0.3 is 0 Å². The van der Waals surface area contributed by atoms with E-state index in [1.54, 1.807) is 8.61 Å². The molecule has 0 aliphatic carbocycles. The first-order chi connectivity index (χ1) is 8.12. The van der Waals surface area contributed by atoms with E-state index in [0.29, 0.717) is 31.5 Å². The van der Waals surface area contributed by atoms with E-state index in [0.717, 1.165) is 32.1 Å². The zero-order chi connectivity index (χ0) is 12.7. The first kappa shape index (κ1) is 15.4. The summed E-state index contributed by atoms with van der Waals surface area (Å²) in [6, 6.07) is 0. The molecule has 1 rings (SSSR count). The molecule has 0 aromatic carbocycles. The van der Waals surface area contributed by atoms with Crippen molar-refractivity contribution in [1.29, 1.82) is 0 Å². The zero-order valence-corrected chi connectivity index (χ0v) is 13.0. The Morgan fingerprint density at radius 2 is 1.71 bits per heavy atom. The third-order valence-corrected chi connectivity index (χ3v) is 5.41. The molecule has 1 saturated heterocycles. The number of hydrogen-bond donors (Lipinski definition) is 0. The van der Waals surface area contributed by atoms with Crippen molar-refractivity contribution >= 4 is 26.1 Å². The van der Waals surface area contributed by atoms with Crippen LogP contribution in [0.25, 0.3) is 0 Å². The smallest absolute Gasteiger partial charge is 0.195 e. The summed E-state index contributed by atoms with van der Waals surface area (Å²) < 4.78 is 28.2. The molecule has 0 unspecified atom stereocenters. The van der Waals surface area contributed by atoms with Crippen LogP contribution in [0.5, 0.6) is 0 Å². The van der Waals surface area contributed by atoms with Crippen LogP contribution in [0.1, 0.15) is 39.0 Å². The van der Waals surface area contributed by atoms with Gasteiger partial charge in [-0.15, -0.1) is 0 Å². The third-order valence-electron chi connectivity index (χ3n) is 3.02. The van der Waals surface area contributed by atoms with Gasteiger partial charge in [0.05, 0.1) is 0 Å². The Morgan fingerprint density at radius 1 is 1.12 bits per heavy atom. The number of nitrogens with zero attached hydrogens (tertiary/aromatic N) is 2. The minimum Gasteiger partial charge on any atom is -0.195 e. The van der Waals surface area contributed by atoms with Crippen molar-refractivity contribution in [2.24, 2.45) is 0 Å². The maximum Gasteiger partial charge on any atom is 0.282 e.